The van der Waals surface area contributed by atoms with Crippen LogP contribution in [0.4, 0.5) is 10.2 Å². The Hall–Kier alpha value is -3.48. The highest BCUT2D eigenvalue weighted by atomic mass is 19.1. The van der Waals surface area contributed by atoms with Gasteiger partial charge in [-0.05, 0) is 29.8 Å². The van der Waals surface area contributed by atoms with Crippen LogP contribution in [-0.2, 0) is 11.3 Å². The first kappa shape index (κ1) is 18.3. The van der Waals surface area contributed by atoms with Gasteiger partial charge in [0, 0.05) is 26.6 Å². The number of aromatic nitrogens is 2. The van der Waals surface area contributed by atoms with E-state index in [1.54, 1.807) is 19.2 Å². The van der Waals surface area contributed by atoms with Crippen LogP contribution in [0.3, 0.4) is 0 Å². The first-order valence-corrected chi connectivity index (χ1v) is 8.37. The van der Waals surface area contributed by atoms with E-state index in [0.717, 1.165) is 0 Å². The lowest BCUT2D eigenvalue weighted by atomic mass is 10.2. The summed E-state index contributed by atoms with van der Waals surface area (Å²) in [5.41, 5.74) is 1.57. The SMILES string of the molecule is CC(=O)Nc1cc(C(=O)N(C)Cc2cccc(F)c2)nn1-c1ccccc1. The lowest BCUT2D eigenvalue weighted by Crippen LogP contribution is -2.26. The van der Waals surface area contributed by atoms with Crippen LogP contribution in [0.2, 0.25) is 0 Å². The number of amides is 2. The number of carbonyl (C=O) groups is 2. The van der Waals surface area contributed by atoms with E-state index in [0.29, 0.717) is 17.1 Å². The summed E-state index contributed by atoms with van der Waals surface area (Å²) < 4.78 is 14.9. The average Bonchev–Trinajstić information content (AvgIpc) is 3.04. The zero-order valence-electron chi connectivity index (χ0n) is 15.0. The van der Waals surface area contributed by atoms with Crippen LogP contribution in [0.1, 0.15) is 23.0 Å². The van der Waals surface area contributed by atoms with E-state index >= 15 is 0 Å². The van der Waals surface area contributed by atoms with Gasteiger partial charge in [0.1, 0.15) is 11.6 Å². The quantitative estimate of drug-likeness (QED) is 0.754. The number of nitrogens with one attached hydrogen (secondary N) is 1. The predicted molar refractivity (Wildman–Crippen MR) is 100 cm³/mol. The third-order valence-corrected chi connectivity index (χ3v) is 3.89. The van der Waals surface area contributed by atoms with Crippen LogP contribution in [0, 0.1) is 5.82 Å². The summed E-state index contributed by atoms with van der Waals surface area (Å²) >= 11 is 0. The number of hydrogen-bond donors (Lipinski definition) is 1. The highest BCUT2D eigenvalue weighted by Crippen LogP contribution is 2.19. The molecule has 0 aliphatic heterocycles. The molecule has 0 unspecified atom stereocenters. The van der Waals surface area contributed by atoms with Gasteiger partial charge in [0.05, 0.1) is 5.69 Å². The molecule has 3 aromatic rings. The minimum Gasteiger partial charge on any atom is -0.336 e. The van der Waals surface area contributed by atoms with Gasteiger partial charge >= 0.3 is 0 Å². The molecule has 27 heavy (non-hydrogen) atoms. The van der Waals surface area contributed by atoms with E-state index in [-0.39, 0.29) is 29.9 Å². The Labute approximate surface area is 156 Å². The molecule has 2 aromatic carbocycles. The van der Waals surface area contributed by atoms with Gasteiger partial charge in [-0.1, -0.05) is 30.3 Å². The second-order valence-corrected chi connectivity index (χ2v) is 6.13. The first-order valence-electron chi connectivity index (χ1n) is 8.37. The first-order chi connectivity index (χ1) is 12.9. The van der Waals surface area contributed by atoms with Crippen molar-refractivity contribution >= 4 is 17.6 Å². The summed E-state index contributed by atoms with van der Waals surface area (Å²) in [6.07, 6.45) is 0. The molecular weight excluding hydrogens is 347 g/mol. The third kappa shape index (κ3) is 4.38. The summed E-state index contributed by atoms with van der Waals surface area (Å²) in [5, 5.41) is 7.03. The minimum atomic E-state index is -0.352. The van der Waals surface area contributed by atoms with E-state index in [9.17, 15) is 14.0 Å². The maximum absolute atomic E-state index is 13.3. The molecule has 2 amide bonds. The van der Waals surface area contributed by atoms with Crippen molar-refractivity contribution < 1.29 is 14.0 Å². The maximum Gasteiger partial charge on any atom is 0.274 e. The van der Waals surface area contributed by atoms with Gasteiger partial charge in [-0.25, -0.2) is 9.07 Å². The minimum absolute atomic E-state index is 0.182. The molecule has 0 atom stereocenters. The number of nitrogens with zero attached hydrogens (tertiary/aromatic N) is 3. The molecule has 1 aromatic heterocycles. The average molecular weight is 366 g/mol. The Balaban J connectivity index is 1.88. The van der Waals surface area contributed by atoms with Crippen molar-refractivity contribution in [3.63, 3.8) is 0 Å². The highest BCUT2D eigenvalue weighted by molar-refractivity contribution is 5.95. The predicted octanol–water partition coefficient (Wildman–Crippen LogP) is 3.24. The number of rotatable bonds is 5. The molecule has 0 saturated heterocycles. The lowest BCUT2D eigenvalue weighted by Gasteiger charge is -2.15. The van der Waals surface area contributed by atoms with Crippen LogP contribution >= 0.6 is 0 Å². The molecule has 7 heteroatoms. The van der Waals surface area contributed by atoms with Crippen LogP contribution < -0.4 is 5.32 Å². The molecule has 0 aliphatic carbocycles. The molecule has 0 spiro atoms. The van der Waals surface area contributed by atoms with Crippen molar-refractivity contribution in [3.05, 3.63) is 77.7 Å². The van der Waals surface area contributed by atoms with Gasteiger partial charge in [0.2, 0.25) is 5.91 Å². The number of benzene rings is 2. The number of hydrogen-bond acceptors (Lipinski definition) is 3. The van der Waals surface area contributed by atoms with Crippen molar-refractivity contribution in [2.75, 3.05) is 12.4 Å². The topological polar surface area (TPSA) is 67.2 Å². The van der Waals surface area contributed by atoms with Crippen molar-refractivity contribution in [2.24, 2.45) is 0 Å². The van der Waals surface area contributed by atoms with E-state index in [1.165, 1.54) is 34.7 Å². The van der Waals surface area contributed by atoms with Crippen LogP contribution in [0.25, 0.3) is 5.69 Å². The summed E-state index contributed by atoms with van der Waals surface area (Å²) in [5.74, 6) is -0.550. The van der Waals surface area contributed by atoms with Gasteiger partial charge in [-0.15, -0.1) is 0 Å². The number of anilines is 1. The van der Waals surface area contributed by atoms with Gasteiger partial charge in [0.15, 0.2) is 5.69 Å². The Morgan fingerprint density at radius 2 is 1.85 bits per heavy atom. The van der Waals surface area contributed by atoms with Crippen LogP contribution in [-0.4, -0.2) is 33.5 Å². The third-order valence-electron chi connectivity index (χ3n) is 3.89. The molecule has 0 radical (unpaired) electrons. The monoisotopic (exact) mass is 366 g/mol. The van der Waals surface area contributed by atoms with E-state index < -0.39 is 0 Å². The molecule has 0 aliphatic rings. The molecular formula is C20H19FN4O2. The van der Waals surface area contributed by atoms with Crippen molar-refractivity contribution in [1.82, 2.24) is 14.7 Å². The van der Waals surface area contributed by atoms with Gasteiger partial charge in [0.25, 0.3) is 5.91 Å². The molecule has 0 bridgehead atoms. The zero-order chi connectivity index (χ0) is 19.4. The fraction of sp³-hybridized carbons (Fsp3) is 0.150. The Morgan fingerprint density at radius 1 is 1.11 bits per heavy atom. The molecule has 0 saturated carbocycles. The van der Waals surface area contributed by atoms with Crippen molar-refractivity contribution in [2.45, 2.75) is 13.5 Å². The highest BCUT2D eigenvalue weighted by Gasteiger charge is 2.19. The Morgan fingerprint density at radius 3 is 2.52 bits per heavy atom. The van der Waals surface area contributed by atoms with Gasteiger partial charge < -0.3 is 10.2 Å². The zero-order valence-corrected chi connectivity index (χ0v) is 15.0. The second kappa shape index (κ2) is 7.82. The van der Waals surface area contributed by atoms with Gasteiger partial charge in [-0.2, -0.15) is 5.10 Å². The Bertz CT molecular complexity index is 969. The second-order valence-electron chi connectivity index (χ2n) is 6.13. The number of halogens is 1. The summed E-state index contributed by atoms with van der Waals surface area (Å²) in [4.78, 5) is 25.7. The summed E-state index contributed by atoms with van der Waals surface area (Å²) in [7, 11) is 1.62. The molecule has 138 valence electrons. The largest absolute Gasteiger partial charge is 0.336 e. The van der Waals surface area contributed by atoms with Crippen LogP contribution in [0.5, 0.6) is 0 Å². The van der Waals surface area contributed by atoms with E-state index in [4.69, 9.17) is 0 Å². The molecule has 6 nitrogen and oxygen atoms in total. The molecule has 1 N–H and O–H groups in total. The fourth-order valence-corrected chi connectivity index (χ4v) is 2.70. The Kier molecular flexibility index (Phi) is 5.30. The van der Waals surface area contributed by atoms with Crippen molar-refractivity contribution in [3.8, 4) is 5.69 Å². The van der Waals surface area contributed by atoms with Gasteiger partial charge in [-0.3, -0.25) is 9.59 Å². The lowest BCUT2D eigenvalue weighted by molar-refractivity contribution is -0.114. The normalized spacial score (nSPS) is 10.5. The van der Waals surface area contributed by atoms with Crippen molar-refractivity contribution in [1.29, 1.82) is 0 Å². The smallest absolute Gasteiger partial charge is 0.274 e. The molecule has 3 rings (SSSR count). The standard InChI is InChI=1S/C20H19FN4O2/c1-14(26)22-19-12-18(23-25(19)17-9-4-3-5-10-17)20(27)24(2)13-15-7-6-8-16(21)11-15/h3-12H,13H2,1-2H3,(H,22,26). The molecule has 0 fully saturated rings. The summed E-state index contributed by atoms with van der Waals surface area (Å²) in [6.45, 7) is 1.63. The van der Waals surface area contributed by atoms with E-state index in [1.807, 2.05) is 30.3 Å². The number of carbonyl (C=O) groups excluding carboxylic acids is 2. The van der Waals surface area contributed by atoms with E-state index in [2.05, 4.69) is 10.4 Å². The molecule has 1 heterocycles. The van der Waals surface area contributed by atoms with Crippen LogP contribution in [0.15, 0.2) is 60.7 Å². The maximum atomic E-state index is 13.3. The fourth-order valence-electron chi connectivity index (χ4n) is 2.70. The number of para-hydroxylation sites is 1. The summed E-state index contributed by atoms with van der Waals surface area (Å²) in [6, 6.07) is 16.8.